The quantitative estimate of drug-likeness (QED) is 0.148. The van der Waals surface area contributed by atoms with Crippen LogP contribution in [0.2, 0.25) is 10.0 Å². The Hall–Kier alpha value is -1.44. The van der Waals surface area contributed by atoms with Crippen molar-refractivity contribution in [3.05, 3.63) is 33.8 Å². The van der Waals surface area contributed by atoms with E-state index in [2.05, 4.69) is 0 Å². The Morgan fingerprint density at radius 2 is 1.74 bits per heavy atom. The Morgan fingerprint density at radius 3 is 2.32 bits per heavy atom. The number of hydrogen-bond donors (Lipinski definition) is 2. The fraction of sp³-hybridized carbons (Fsp3) is 0.704. The number of rotatable bonds is 12. The maximum Gasteiger partial charge on any atom is 0.505 e. The molecule has 6 atom stereocenters. The molecule has 0 aromatic heterocycles. The van der Waals surface area contributed by atoms with Gasteiger partial charge in [0, 0.05) is 11.8 Å². The molecule has 0 bridgehead atoms. The maximum atomic E-state index is 13.5. The molecular weight excluding hydrogens is 552 g/mol. The predicted molar refractivity (Wildman–Crippen MR) is 148 cm³/mol. The number of aliphatic hydroxyl groups excluding tert-OH is 1. The number of esters is 1. The van der Waals surface area contributed by atoms with Gasteiger partial charge in [-0.2, -0.15) is 4.89 Å². The van der Waals surface area contributed by atoms with Crippen LogP contribution in [0.4, 0.5) is 4.79 Å². The summed E-state index contributed by atoms with van der Waals surface area (Å²) in [6, 6.07) is 4.37. The van der Waals surface area contributed by atoms with E-state index in [4.69, 9.17) is 32.7 Å². The third-order valence-corrected chi connectivity index (χ3v) is 8.55. The highest BCUT2D eigenvalue weighted by Gasteiger charge is 2.35. The third kappa shape index (κ3) is 9.95. The van der Waals surface area contributed by atoms with Gasteiger partial charge in [-0.25, -0.2) is 4.79 Å². The van der Waals surface area contributed by atoms with Crippen molar-refractivity contribution in [1.29, 1.82) is 0 Å². The van der Waals surface area contributed by atoms with E-state index in [0.29, 0.717) is 34.6 Å². The second-order valence-electron chi connectivity index (χ2n) is 10.8. The van der Waals surface area contributed by atoms with E-state index >= 15 is 0 Å². The van der Waals surface area contributed by atoms with Crippen LogP contribution in [0.5, 0.6) is 0 Å². The van der Waals surface area contributed by atoms with E-state index < -0.39 is 44.6 Å². The summed E-state index contributed by atoms with van der Waals surface area (Å²) >= 11 is 12.3. The van der Waals surface area contributed by atoms with Gasteiger partial charge in [0.25, 0.3) is 6.29 Å². The van der Waals surface area contributed by atoms with Gasteiger partial charge in [0.05, 0.1) is 22.0 Å². The number of carbonyl (C=O) groups excluding carboxylic acids is 2. The minimum Gasteiger partial charge on any atom is -0.425 e. The van der Waals surface area contributed by atoms with Gasteiger partial charge in [-0.05, 0) is 60.8 Å². The fourth-order valence-electron chi connectivity index (χ4n) is 4.75. The molecule has 0 radical (unpaired) electrons. The first-order valence-electron chi connectivity index (χ1n) is 13.3. The lowest BCUT2D eigenvalue weighted by molar-refractivity contribution is -0.182. The molecule has 1 aliphatic rings. The standard InChI is InChI=1S/C27H40Cl2NO7P/c1-16(2)25(32)36-26(17(3)4)37-27(33)30(18(5)21-10-11-22(28)23(29)14-21)24(31)12-9-19-7-6-8-20(13-19)15-38(34)35/h10-11,14,16-20,24,26,31H,6-9,12-13,15H2,1-5H3/p+1/t18?,19?,20-,24?,26?/m1/s1. The summed E-state index contributed by atoms with van der Waals surface area (Å²) in [6.45, 7) is 8.68. The number of halogens is 2. The van der Waals surface area contributed by atoms with E-state index in [0.717, 1.165) is 25.7 Å². The van der Waals surface area contributed by atoms with Crippen LogP contribution in [0.15, 0.2) is 18.2 Å². The monoisotopic (exact) mass is 592 g/mol. The minimum atomic E-state index is -2.17. The summed E-state index contributed by atoms with van der Waals surface area (Å²) in [5, 5.41) is 12.0. The van der Waals surface area contributed by atoms with Crippen LogP contribution in [0.1, 0.15) is 84.7 Å². The summed E-state index contributed by atoms with van der Waals surface area (Å²) < 4.78 is 22.3. The summed E-state index contributed by atoms with van der Waals surface area (Å²) in [6.07, 6.45) is 1.81. The molecule has 2 N–H and O–H groups in total. The van der Waals surface area contributed by atoms with E-state index in [1.165, 1.54) is 4.90 Å². The first kappa shape index (κ1) is 32.8. The molecule has 11 heteroatoms. The van der Waals surface area contributed by atoms with Crippen LogP contribution in [0.3, 0.4) is 0 Å². The summed E-state index contributed by atoms with van der Waals surface area (Å²) in [7, 11) is -2.17. The minimum absolute atomic E-state index is 0.193. The highest BCUT2D eigenvalue weighted by molar-refractivity contribution is 7.38. The zero-order chi connectivity index (χ0) is 28.6. The first-order valence-corrected chi connectivity index (χ1v) is 15.4. The molecule has 1 aromatic rings. The number of hydrogen-bond acceptors (Lipinski definition) is 6. The lowest BCUT2D eigenvalue weighted by Crippen LogP contribution is -2.45. The van der Waals surface area contributed by atoms with Crippen molar-refractivity contribution in [3.63, 3.8) is 0 Å². The molecule has 214 valence electrons. The number of benzene rings is 1. The summed E-state index contributed by atoms with van der Waals surface area (Å²) in [4.78, 5) is 36.2. The maximum absolute atomic E-state index is 13.5. The lowest BCUT2D eigenvalue weighted by atomic mass is 9.80. The van der Waals surface area contributed by atoms with E-state index in [9.17, 15) is 24.2 Å². The average Bonchev–Trinajstić information content (AvgIpc) is 2.83. The molecule has 0 spiro atoms. The van der Waals surface area contributed by atoms with Crippen LogP contribution in [-0.2, 0) is 18.8 Å². The fourth-order valence-corrected chi connectivity index (χ4v) is 5.83. The average molecular weight is 594 g/mol. The molecule has 8 nitrogen and oxygen atoms in total. The van der Waals surface area contributed by atoms with Gasteiger partial charge in [-0.15, -0.1) is 0 Å². The van der Waals surface area contributed by atoms with Crippen molar-refractivity contribution in [2.75, 3.05) is 6.16 Å². The Labute approximate surface area is 236 Å². The van der Waals surface area contributed by atoms with Crippen molar-refractivity contribution in [3.8, 4) is 0 Å². The number of amides is 1. The molecule has 1 fully saturated rings. The topological polar surface area (TPSA) is 113 Å². The van der Waals surface area contributed by atoms with E-state index in [-0.39, 0.29) is 17.8 Å². The second kappa shape index (κ2) is 15.4. The molecular formula is C27H41Cl2NO7P+. The van der Waals surface area contributed by atoms with Crippen LogP contribution >= 0.6 is 31.2 Å². The second-order valence-corrected chi connectivity index (χ2v) is 12.7. The zero-order valence-corrected chi connectivity index (χ0v) is 25.2. The lowest BCUT2D eigenvalue weighted by Gasteiger charge is -2.36. The van der Waals surface area contributed by atoms with Crippen molar-refractivity contribution in [2.45, 2.75) is 91.7 Å². The molecule has 1 aromatic carbocycles. The van der Waals surface area contributed by atoms with Crippen molar-refractivity contribution < 1.29 is 33.6 Å². The largest absolute Gasteiger partial charge is 0.505 e. The van der Waals surface area contributed by atoms with Crippen LogP contribution in [0.25, 0.3) is 0 Å². The highest BCUT2D eigenvalue weighted by atomic mass is 35.5. The van der Waals surface area contributed by atoms with Gasteiger partial charge in [0.15, 0.2) is 6.16 Å². The predicted octanol–water partition coefficient (Wildman–Crippen LogP) is 7.31. The molecule has 1 saturated carbocycles. The number of carbonyl (C=O) groups is 2. The van der Waals surface area contributed by atoms with Crippen molar-refractivity contribution >= 4 is 43.3 Å². The summed E-state index contributed by atoms with van der Waals surface area (Å²) in [5.41, 5.74) is 0.653. The SMILES string of the molecule is CC(C)C(=O)OC(OC(=O)N(C(O)CCC1CCC[C@@H](C[P+](=O)O)C1)C(C)c1ccc(Cl)c(Cl)c1)C(C)C. The van der Waals surface area contributed by atoms with E-state index in [1.807, 2.05) is 0 Å². The Balaban J connectivity index is 2.22. The Kier molecular flexibility index (Phi) is 13.3. The smallest absolute Gasteiger partial charge is 0.425 e. The summed E-state index contributed by atoms with van der Waals surface area (Å²) in [5.74, 6) is -0.712. The first-order chi connectivity index (χ1) is 17.8. The van der Waals surface area contributed by atoms with Crippen LogP contribution in [-0.4, -0.2) is 45.6 Å². The van der Waals surface area contributed by atoms with Crippen LogP contribution < -0.4 is 0 Å². The third-order valence-electron chi connectivity index (χ3n) is 6.98. The molecule has 5 unspecified atom stereocenters. The van der Waals surface area contributed by atoms with Gasteiger partial charge in [-0.1, -0.05) is 69.8 Å². The molecule has 38 heavy (non-hydrogen) atoms. The van der Waals surface area contributed by atoms with Crippen molar-refractivity contribution in [2.24, 2.45) is 23.7 Å². The molecule has 0 aliphatic heterocycles. The number of nitrogens with zero attached hydrogens (tertiary/aromatic N) is 1. The van der Waals surface area contributed by atoms with Crippen molar-refractivity contribution in [1.82, 2.24) is 4.90 Å². The van der Waals surface area contributed by atoms with E-state index in [1.54, 1.807) is 52.8 Å². The Bertz CT molecular complexity index is 961. The number of aliphatic hydroxyl groups is 1. The van der Waals surface area contributed by atoms with Gasteiger partial charge in [0.2, 0.25) is 0 Å². The highest BCUT2D eigenvalue weighted by Crippen LogP contribution is 2.37. The molecule has 1 amide bonds. The normalized spacial score (nSPS) is 20.6. The molecule has 0 saturated heterocycles. The number of ether oxygens (including phenoxy) is 2. The van der Waals surface area contributed by atoms with Crippen LogP contribution in [0, 0.1) is 23.7 Å². The van der Waals surface area contributed by atoms with Gasteiger partial charge < -0.3 is 14.6 Å². The van der Waals surface area contributed by atoms with Gasteiger partial charge >= 0.3 is 20.1 Å². The van der Waals surface area contributed by atoms with Gasteiger partial charge in [-0.3, -0.25) is 9.69 Å². The zero-order valence-electron chi connectivity index (χ0n) is 22.8. The Morgan fingerprint density at radius 1 is 1.08 bits per heavy atom. The van der Waals surface area contributed by atoms with Gasteiger partial charge in [0.1, 0.15) is 6.23 Å². The molecule has 1 aliphatic carbocycles. The molecule has 0 heterocycles. The molecule has 2 rings (SSSR count).